The molecular weight excluding hydrogens is 340 g/mol. The number of methoxy groups -OCH3 is 1. The van der Waals surface area contributed by atoms with Crippen LogP contribution in [0, 0.1) is 0 Å². The highest BCUT2D eigenvalue weighted by Crippen LogP contribution is 2.34. The second kappa shape index (κ2) is 5.65. The van der Waals surface area contributed by atoms with E-state index in [0.29, 0.717) is 11.4 Å². The second-order valence-corrected chi connectivity index (χ2v) is 4.95. The Kier molecular flexibility index (Phi) is 4.76. The van der Waals surface area contributed by atoms with Gasteiger partial charge in [-0.2, -0.15) is 0 Å². The Morgan fingerprint density at radius 1 is 1.44 bits per heavy atom. The van der Waals surface area contributed by atoms with E-state index in [4.69, 9.17) is 10.5 Å². The maximum absolute atomic E-state index is 11.4. The lowest BCUT2D eigenvalue weighted by atomic mass is 10.2. The van der Waals surface area contributed by atoms with E-state index in [-0.39, 0.29) is 5.91 Å². The molecule has 88 valence electrons. The number of amides is 1. The van der Waals surface area contributed by atoms with Crippen LogP contribution in [0.3, 0.4) is 0 Å². The summed E-state index contributed by atoms with van der Waals surface area (Å²) in [6.07, 6.45) is 0. The monoisotopic (exact) mass is 350 g/mol. The van der Waals surface area contributed by atoms with Gasteiger partial charge in [-0.3, -0.25) is 4.79 Å². The zero-order valence-electron chi connectivity index (χ0n) is 8.88. The molecule has 0 bridgehead atoms. The smallest absolute Gasteiger partial charge is 0.241 e. The van der Waals surface area contributed by atoms with Crippen molar-refractivity contribution in [3.05, 3.63) is 21.1 Å². The minimum absolute atomic E-state index is 0.245. The highest BCUT2D eigenvalue weighted by molar-refractivity contribution is 9.11. The molecule has 0 aliphatic rings. The van der Waals surface area contributed by atoms with Crippen LogP contribution >= 0.6 is 31.9 Å². The average molecular weight is 352 g/mol. The summed E-state index contributed by atoms with van der Waals surface area (Å²) < 4.78 is 6.70. The van der Waals surface area contributed by atoms with Gasteiger partial charge < -0.3 is 15.8 Å². The summed E-state index contributed by atoms with van der Waals surface area (Å²) in [6, 6.07) is 2.96. The first-order valence-corrected chi connectivity index (χ1v) is 6.13. The number of halogens is 2. The third kappa shape index (κ3) is 3.20. The van der Waals surface area contributed by atoms with Crippen molar-refractivity contribution in [3.63, 3.8) is 0 Å². The van der Waals surface area contributed by atoms with Crippen LogP contribution in [0.15, 0.2) is 21.1 Å². The molecule has 0 saturated carbocycles. The van der Waals surface area contributed by atoms with Gasteiger partial charge in [-0.05, 0) is 44.8 Å². The number of hydrogen-bond acceptors (Lipinski definition) is 3. The molecule has 0 aliphatic heterocycles. The second-order valence-electron chi connectivity index (χ2n) is 3.24. The Morgan fingerprint density at radius 2 is 2.06 bits per heavy atom. The minimum Gasteiger partial charge on any atom is -0.495 e. The van der Waals surface area contributed by atoms with Crippen LogP contribution in [0.4, 0.5) is 5.69 Å². The SMILES string of the molecule is COc1cc(NC(=O)[C@H](C)N)c(Br)cc1Br. The number of carbonyl (C=O) groups is 1. The Bertz CT molecular complexity index is 408. The maximum atomic E-state index is 11.4. The van der Waals surface area contributed by atoms with Crippen LogP contribution in [0.5, 0.6) is 5.75 Å². The van der Waals surface area contributed by atoms with E-state index in [1.165, 1.54) is 0 Å². The van der Waals surface area contributed by atoms with Crippen molar-refractivity contribution in [1.29, 1.82) is 0 Å². The van der Waals surface area contributed by atoms with Crippen LogP contribution < -0.4 is 15.8 Å². The molecule has 0 heterocycles. The van der Waals surface area contributed by atoms with Gasteiger partial charge in [0, 0.05) is 10.5 Å². The fraction of sp³-hybridized carbons (Fsp3) is 0.300. The molecule has 1 aromatic rings. The summed E-state index contributed by atoms with van der Waals surface area (Å²) in [5.74, 6) is 0.397. The summed E-state index contributed by atoms with van der Waals surface area (Å²) in [4.78, 5) is 11.4. The molecule has 6 heteroatoms. The lowest BCUT2D eigenvalue weighted by molar-refractivity contribution is -0.117. The number of nitrogens with one attached hydrogen (secondary N) is 1. The number of carbonyl (C=O) groups excluding carboxylic acids is 1. The largest absolute Gasteiger partial charge is 0.495 e. The van der Waals surface area contributed by atoms with Gasteiger partial charge >= 0.3 is 0 Å². The molecule has 1 rings (SSSR count). The van der Waals surface area contributed by atoms with Crippen LogP contribution in [-0.2, 0) is 4.79 Å². The highest BCUT2D eigenvalue weighted by atomic mass is 79.9. The summed E-state index contributed by atoms with van der Waals surface area (Å²) in [5.41, 5.74) is 6.09. The molecule has 16 heavy (non-hydrogen) atoms. The zero-order chi connectivity index (χ0) is 12.3. The van der Waals surface area contributed by atoms with E-state index < -0.39 is 6.04 Å². The molecule has 1 atom stereocenters. The number of ether oxygens (including phenoxy) is 1. The van der Waals surface area contributed by atoms with Gasteiger partial charge in [0.15, 0.2) is 0 Å². The zero-order valence-corrected chi connectivity index (χ0v) is 12.1. The first kappa shape index (κ1) is 13.5. The molecule has 0 aliphatic carbocycles. The van der Waals surface area contributed by atoms with Crippen LogP contribution in [0.1, 0.15) is 6.92 Å². The summed E-state index contributed by atoms with van der Waals surface area (Å²) >= 11 is 6.69. The molecule has 0 spiro atoms. The van der Waals surface area contributed by atoms with Crippen LogP contribution in [-0.4, -0.2) is 19.1 Å². The van der Waals surface area contributed by atoms with Crippen LogP contribution in [0.2, 0.25) is 0 Å². The molecule has 1 amide bonds. The quantitative estimate of drug-likeness (QED) is 0.879. The average Bonchev–Trinajstić information content (AvgIpc) is 2.21. The normalized spacial score (nSPS) is 12.1. The van der Waals surface area contributed by atoms with Crippen LogP contribution in [0.25, 0.3) is 0 Å². The predicted molar refractivity (Wildman–Crippen MR) is 70.7 cm³/mol. The summed E-state index contributed by atoms with van der Waals surface area (Å²) in [6.45, 7) is 1.62. The van der Waals surface area contributed by atoms with Crippen molar-refractivity contribution in [2.75, 3.05) is 12.4 Å². The molecule has 0 fully saturated rings. The Hall–Kier alpha value is -0.590. The lowest BCUT2D eigenvalue weighted by Crippen LogP contribution is -2.32. The van der Waals surface area contributed by atoms with Gasteiger partial charge in [0.05, 0.1) is 23.3 Å². The van der Waals surface area contributed by atoms with Gasteiger partial charge in [-0.25, -0.2) is 0 Å². The molecular formula is C10H12Br2N2O2. The number of nitrogens with two attached hydrogens (primary N) is 1. The van der Waals surface area contributed by atoms with Gasteiger partial charge in [-0.1, -0.05) is 0 Å². The van der Waals surface area contributed by atoms with E-state index >= 15 is 0 Å². The fourth-order valence-electron chi connectivity index (χ4n) is 1.03. The van der Waals surface area contributed by atoms with Gasteiger partial charge in [0.2, 0.25) is 5.91 Å². The first-order chi connectivity index (χ1) is 7.45. The summed E-state index contributed by atoms with van der Waals surface area (Å²) in [5, 5.41) is 2.70. The molecule has 0 saturated heterocycles. The number of rotatable bonds is 3. The third-order valence-corrected chi connectivity index (χ3v) is 3.19. The van der Waals surface area contributed by atoms with Crippen molar-refractivity contribution in [3.8, 4) is 5.75 Å². The molecule has 0 aromatic heterocycles. The lowest BCUT2D eigenvalue weighted by Gasteiger charge is -2.12. The van der Waals surface area contributed by atoms with Gasteiger partial charge in [0.1, 0.15) is 5.75 Å². The van der Waals surface area contributed by atoms with Crippen molar-refractivity contribution < 1.29 is 9.53 Å². The van der Waals surface area contributed by atoms with E-state index in [2.05, 4.69) is 37.2 Å². The maximum Gasteiger partial charge on any atom is 0.241 e. The number of benzene rings is 1. The van der Waals surface area contributed by atoms with Crippen molar-refractivity contribution >= 4 is 43.5 Å². The molecule has 4 nitrogen and oxygen atoms in total. The Labute approximate surface area is 111 Å². The van der Waals surface area contributed by atoms with Gasteiger partial charge in [-0.15, -0.1) is 0 Å². The highest BCUT2D eigenvalue weighted by Gasteiger charge is 2.12. The van der Waals surface area contributed by atoms with E-state index in [1.54, 1.807) is 26.2 Å². The summed E-state index contributed by atoms with van der Waals surface area (Å²) in [7, 11) is 1.56. The minimum atomic E-state index is -0.554. The molecule has 1 aromatic carbocycles. The van der Waals surface area contributed by atoms with Crippen molar-refractivity contribution in [2.24, 2.45) is 5.73 Å². The van der Waals surface area contributed by atoms with Crippen molar-refractivity contribution in [1.82, 2.24) is 0 Å². The van der Waals surface area contributed by atoms with Gasteiger partial charge in [0.25, 0.3) is 0 Å². The molecule has 3 N–H and O–H groups in total. The Morgan fingerprint density at radius 3 is 2.56 bits per heavy atom. The standard InChI is InChI=1S/C10H12Br2N2O2/c1-5(13)10(15)14-8-4-9(16-2)7(12)3-6(8)11/h3-5H,13H2,1-2H3,(H,14,15)/t5-/m0/s1. The van der Waals surface area contributed by atoms with Crippen molar-refractivity contribution in [2.45, 2.75) is 13.0 Å². The Balaban J connectivity index is 3.00. The third-order valence-electron chi connectivity index (χ3n) is 1.91. The van der Waals surface area contributed by atoms with E-state index in [0.717, 1.165) is 8.95 Å². The number of anilines is 1. The first-order valence-electron chi connectivity index (χ1n) is 4.55. The number of hydrogen-bond donors (Lipinski definition) is 2. The molecule has 0 unspecified atom stereocenters. The molecule has 0 radical (unpaired) electrons. The predicted octanol–water partition coefficient (Wildman–Crippen LogP) is 2.51. The van der Waals surface area contributed by atoms with E-state index in [9.17, 15) is 4.79 Å². The topological polar surface area (TPSA) is 64.3 Å². The fourth-order valence-corrected chi connectivity index (χ4v) is 2.28. The van der Waals surface area contributed by atoms with E-state index in [1.807, 2.05) is 0 Å².